The van der Waals surface area contributed by atoms with Gasteiger partial charge in [-0.1, -0.05) is 53.5 Å². The Morgan fingerprint density at radius 3 is 1.63 bits per heavy atom. The molecule has 0 aliphatic rings. The van der Waals surface area contributed by atoms with E-state index in [2.05, 4.69) is 0 Å². The van der Waals surface area contributed by atoms with Crippen LogP contribution in [-0.2, 0) is 0 Å². The van der Waals surface area contributed by atoms with Gasteiger partial charge in [-0.2, -0.15) is 0 Å². The van der Waals surface area contributed by atoms with E-state index < -0.39 is 11.6 Å². The van der Waals surface area contributed by atoms with Crippen LogP contribution >= 0.6 is 23.2 Å². The molecule has 0 unspecified atom stereocenters. The van der Waals surface area contributed by atoms with Crippen LogP contribution in [0.4, 0.5) is 0 Å². The number of ether oxygens (including phenoxy) is 3. The molecule has 0 aromatic heterocycles. The van der Waals surface area contributed by atoms with Crippen molar-refractivity contribution in [3.05, 3.63) is 86.9 Å². The van der Waals surface area contributed by atoms with Crippen LogP contribution in [0.1, 0.15) is 31.8 Å². The van der Waals surface area contributed by atoms with Gasteiger partial charge in [0, 0.05) is 11.1 Å². The van der Waals surface area contributed by atoms with E-state index in [9.17, 15) is 9.59 Å². The smallest absolute Gasteiger partial charge is 0.201 e. The van der Waals surface area contributed by atoms with Crippen molar-refractivity contribution in [3.8, 4) is 17.2 Å². The summed E-state index contributed by atoms with van der Waals surface area (Å²) in [6.07, 6.45) is 0. The predicted octanol–water partition coefficient (Wildman–Crippen LogP) is 5.48. The molecule has 30 heavy (non-hydrogen) atoms. The molecule has 0 radical (unpaired) electrons. The lowest BCUT2D eigenvalue weighted by molar-refractivity contribution is 0.0998. The Hall–Kier alpha value is -3.02. The minimum Gasteiger partial charge on any atom is -0.496 e. The maximum Gasteiger partial charge on any atom is 0.201 e. The molecule has 0 N–H and O–H groups in total. The topological polar surface area (TPSA) is 61.8 Å². The molecule has 7 heteroatoms. The number of hydrogen-bond donors (Lipinski definition) is 0. The predicted molar refractivity (Wildman–Crippen MR) is 116 cm³/mol. The quantitative estimate of drug-likeness (QED) is 0.451. The lowest BCUT2D eigenvalue weighted by Crippen LogP contribution is -2.14. The first-order chi connectivity index (χ1) is 14.4. The Labute approximate surface area is 184 Å². The summed E-state index contributed by atoms with van der Waals surface area (Å²) in [4.78, 5) is 26.9. The fraction of sp³-hybridized carbons (Fsp3) is 0.130. The van der Waals surface area contributed by atoms with Crippen LogP contribution in [0.5, 0.6) is 17.2 Å². The molecule has 0 atom stereocenters. The van der Waals surface area contributed by atoms with Gasteiger partial charge in [0.25, 0.3) is 0 Å². The third-order valence-electron chi connectivity index (χ3n) is 4.56. The van der Waals surface area contributed by atoms with Gasteiger partial charge in [0.1, 0.15) is 22.8 Å². The average Bonchev–Trinajstić information content (AvgIpc) is 2.78. The molecule has 5 nitrogen and oxygen atoms in total. The fourth-order valence-electron chi connectivity index (χ4n) is 3.17. The number of carbonyl (C=O) groups is 2. The van der Waals surface area contributed by atoms with Gasteiger partial charge in [-0.15, -0.1) is 0 Å². The largest absolute Gasteiger partial charge is 0.496 e. The molecule has 0 saturated carbocycles. The second-order valence-electron chi connectivity index (χ2n) is 6.18. The van der Waals surface area contributed by atoms with Gasteiger partial charge in [0.2, 0.25) is 5.78 Å². The van der Waals surface area contributed by atoms with Crippen molar-refractivity contribution in [2.75, 3.05) is 21.3 Å². The molecule has 0 bridgehead atoms. The Bertz CT molecular complexity index is 1100. The number of halogens is 2. The molecule has 154 valence electrons. The van der Waals surface area contributed by atoms with Crippen LogP contribution in [0.15, 0.2) is 54.6 Å². The molecule has 0 fully saturated rings. The molecule has 0 heterocycles. The van der Waals surface area contributed by atoms with E-state index in [1.165, 1.54) is 33.5 Å². The van der Waals surface area contributed by atoms with E-state index in [4.69, 9.17) is 37.4 Å². The van der Waals surface area contributed by atoms with E-state index in [1.54, 1.807) is 42.5 Å². The highest BCUT2D eigenvalue weighted by Gasteiger charge is 2.27. The summed E-state index contributed by atoms with van der Waals surface area (Å²) < 4.78 is 16.0. The Morgan fingerprint density at radius 1 is 0.633 bits per heavy atom. The average molecular weight is 445 g/mol. The first-order valence-corrected chi connectivity index (χ1v) is 9.61. The lowest BCUT2D eigenvalue weighted by atomic mass is 9.92. The minimum absolute atomic E-state index is 0.0823. The number of hydrogen-bond acceptors (Lipinski definition) is 5. The van der Waals surface area contributed by atoms with Gasteiger partial charge in [0.15, 0.2) is 5.78 Å². The second-order valence-corrected chi connectivity index (χ2v) is 6.99. The second kappa shape index (κ2) is 9.20. The molecule has 0 aliphatic heterocycles. The van der Waals surface area contributed by atoms with E-state index in [0.29, 0.717) is 11.5 Å². The Kier molecular flexibility index (Phi) is 6.65. The van der Waals surface area contributed by atoms with Crippen molar-refractivity contribution in [2.24, 2.45) is 0 Å². The van der Waals surface area contributed by atoms with Crippen molar-refractivity contribution in [1.82, 2.24) is 0 Å². The number of benzene rings is 3. The van der Waals surface area contributed by atoms with Crippen LogP contribution in [-0.4, -0.2) is 32.9 Å². The van der Waals surface area contributed by atoms with Gasteiger partial charge in [-0.05, 0) is 24.3 Å². The monoisotopic (exact) mass is 444 g/mol. The molecule has 0 saturated heterocycles. The summed E-state index contributed by atoms with van der Waals surface area (Å²) in [6.45, 7) is 0. The van der Waals surface area contributed by atoms with Gasteiger partial charge >= 0.3 is 0 Å². The zero-order chi connectivity index (χ0) is 21.8. The number of rotatable bonds is 7. The minimum atomic E-state index is -0.489. The third-order valence-corrected chi connectivity index (χ3v) is 5.17. The molecule has 0 amide bonds. The summed E-state index contributed by atoms with van der Waals surface area (Å²) in [5.74, 6) is -0.103. The highest BCUT2D eigenvalue weighted by Crippen LogP contribution is 2.37. The standard InChI is InChI=1S/C23H18Cl2O5/c1-28-17-9-6-10-18(29-2)20(17)22(27)14-8-5-4-7-13(14)21(26)19-15(24)11-12-16(25)23(19)30-3/h4-12H,1-3H3. The van der Waals surface area contributed by atoms with E-state index >= 15 is 0 Å². The number of ketones is 2. The highest BCUT2D eigenvalue weighted by atomic mass is 35.5. The Morgan fingerprint density at radius 2 is 1.13 bits per heavy atom. The van der Waals surface area contributed by atoms with Crippen LogP contribution in [0.2, 0.25) is 10.0 Å². The zero-order valence-electron chi connectivity index (χ0n) is 16.5. The molecule has 0 aliphatic carbocycles. The van der Waals surface area contributed by atoms with Gasteiger partial charge in [-0.3, -0.25) is 9.59 Å². The lowest BCUT2D eigenvalue weighted by Gasteiger charge is -2.15. The van der Waals surface area contributed by atoms with E-state index in [0.717, 1.165) is 0 Å². The summed E-state index contributed by atoms with van der Waals surface area (Å²) in [5.41, 5.74) is 0.618. The number of carbonyl (C=O) groups excluding carboxylic acids is 2. The van der Waals surface area contributed by atoms with E-state index in [-0.39, 0.29) is 38.0 Å². The van der Waals surface area contributed by atoms with Crippen LogP contribution in [0, 0.1) is 0 Å². The first-order valence-electron chi connectivity index (χ1n) is 8.86. The summed E-state index contributed by atoms with van der Waals surface area (Å²) in [5, 5.41) is 0.402. The van der Waals surface area contributed by atoms with Crippen LogP contribution < -0.4 is 14.2 Å². The van der Waals surface area contributed by atoms with Gasteiger partial charge in [0.05, 0.1) is 36.9 Å². The maximum absolute atomic E-state index is 13.5. The number of methoxy groups -OCH3 is 3. The molecule has 3 aromatic carbocycles. The SMILES string of the molecule is COc1cccc(OC)c1C(=O)c1ccccc1C(=O)c1c(Cl)ccc(Cl)c1OC. The molecule has 3 aromatic rings. The van der Waals surface area contributed by atoms with Crippen LogP contribution in [0.25, 0.3) is 0 Å². The normalized spacial score (nSPS) is 10.4. The van der Waals surface area contributed by atoms with E-state index in [1.807, 2.05) is 0 Å². The van der Waals surface area contributed by atoms with Crippen molar-refractivity contribution in [3.63, 3.8) is 0 Å². The fourth-order valence-corrected chi connectivity index (χ4v) is 3.64. The van der Waals surface area contributed by atoms with Gasteiger partial charge < -0.3 is 14.2 Å². The van der Waals surface area contributed by atoms with Crippen molar-refractivity contribution >= 4 is 34.8 Å². The molecular weight excluding hydrogens is 427 g/mol. The van der Waals surface area contributed by atoms with Gasteiger partial charge in [-0.25, -0.2) is 0 Å². The van der Waals surface area contributed by atoms with Crippen molar-refractivity contribution in [2.45, 2.75) is 0 Å². The summed E-state index contributed by atoms with van der Waals surface area (Å²) in [6, 6.07) is 14.5. The summed E-state index contributed by atoms with van der Waals surface area (Å²) >= 11 is 12.5. The first kappa shape index (κ1) is 21.7. The Balaban J connectivity index is 2.20. The van der Waals surface area contributed by atoms with Crippen molar-refractivity contribution < 1.29 is 23.8 Å². The van der Waals surface area contributed by atoms with Crippen molar-refractivity contribution in [1.29, 1.82) is 0 Å². The molecule has 3 rings (SSSR count). The zero-order valence-corrected chi connectivity index (χ0v) is 18.0. The molecular formula is C23H18Cl2O5. The third kappa shape index (κ3) is 3.86. The molecule has 0 spiro atoms. The van der Waals surface area contributed by atoms with Crippen LogP contribution in [0.3, 0.4) is 0 Å². The highest BCUT2D eigenvalue weighted by molar-refractivity contribution is 6.38. The summed E-state index contributed by atoms with van der Waals surface area (Å²) in [7, 11) is 4.31. The maximum atomic E-state index is 13.5.